The van der Waals surface area contributed by atoms with Crippen molar-refractivity contribution >= 4 is 31.5 Å². The lowest BCUT2D eigenvalue weighted by molar-refractivity contribution is -0.136. The van der Waals surface area contributed by atoms with Gasteiger partial charge in [-0.2, -0.15) is 20.5 Å². The average molecular weight is 1060 g/mol. The van der Waals surface area contributed by atoms with Gasteiger partial charge in [0.1, 0.15) is 60.7 Å². The molecule has 7 atom stereocenters. The number of imidazole rings is 1. The fraction of sp³-hybridized carbons (Fsp3) is 0.333. The van der Waals surface area contributed by atoms with Crippen LogP contribution in [0.1, 0.15) is 60.3 Å². The van der Waals surface area contributed by atoms with Crippen molar-refractivity contribution in [2.45, 2.75) is 68.0 Å². The van der Waals surface area contributed by atoms with Gasteiger partial charge in [-0.3, -0.25) is 14.7 Å². The van der Waals surface area contributed by atoms with E-state index in [0.29, 0.717) is 17.2 Å². The topological polar surface area (TPSA) is 216 Å². The molecule has 0 radical (unpaired) electrons. The van der Waals surface area contributed by atoms with Crippen molar-refractivity contribution < 1.29 is 51.7 Å². The highest BCUT2D eigenvalue weighted by Crippen LogP contribution is 2.62. The number of amides is 1. The van der Waals surface area contributed by atoms with E-state index in [4.69, 9.17) is 56.9 Å². The van der Waals surface area contributed by atoms with Gasteiger partial charge in [0.25, 0.3) is 14.4 Å². The maximum absolute atomic E-state index is 13.4. The predicted octanol–water partition coefficient (Wildman–Crippen LogP) is 9.18. The van der Waals surface area contributed by atoms with Gasteiger partial charge in [0.2, 0.25) is 11.8 Å². The zero-order valence-electron chi connectivity index (χ0n) is 42.5. The first-order valence-electron chi connectivity index (χ1n) is 25.3. The second kappa shape index (κ2) is 25.1. The molecule has 3 aliphatic heterocycles. The van der Waals surface area contributed by atoms with Crippen LogP contribution in [0.5, 0.6) is 23.1 Å². The Balaban J connectivity index is 1.07. The Hall–Kier alpha value is -7.55. The van der Waals surface area contributed by atoms with E-state index in [1.807, 2.05) is 103 Å². The Bertz CT molecular complexity index is 3080. The van der Waals surface area contributed by atoms with Gasteiger partial charge in [-0.25, -0.2) is 9.65 Å². The molecule has 1 N–H and O–H groups in total. The maximum atomic E-state index is 13.4. The number of carbonyl (C=O) groups excluding carboxylic acids is 1. The molecule has 3 aliphatic rings. The van der Waals surface area contributed by atoms with E-state index < -0.39 is 44.6 Å². The number of carbonyl (C=O) groups is 1. The molecule has 7 aromatic rings. The number of anilines is 1. The van der Waals surface area contributed by atoms with E-state index in [-0.39, 0.29) is 81.2 Å². The highest BCUT2D eigenvalue weighted by atomic mass is 31.2. The van der Waals surface area contributed by atoms with E-state index in [2.05, 4.69) is 39.2 Å². The Kier molecular flexibility index (Phi) is 17.2. The molecule has 0 bridgehead atoms. The summed E-state index contributed by atoms with van der Waals surface area (Å²) < 4.78 is 68.8. The molecule has 0 unspecified atom stereocenters. The number of nitrogens with one attached hydrogen (secondary N) is 1. The smallest absolute Gasteiger partial charge is 0.264 e. The van der Waals surface area contributed by atoms with Crippen LogP contribution >= 0.6 is 8.53 Å². The number of para-hydroxylation sites is 1. The van der Waals surface area contributed by atoms with Crippen molar-refractivity contribution in [1.29, 1.82) is 10.5 Å². The van der Waals surface area contributed by atoms with Gasteiger partial charge in [0, 0.05) is 12.6 Å². The third-order valence-corrected chi connectivity index (χ3v) is 15.2. The second-order valence-corrected chi connectivity index (χ2v) is 19.6. The number of nitrogens with zero attached hydrogens (tertiary/aromatic N) is 7. The van der Waals surface area contributed by atoms with Crippen LogP contribution in [0.15, 0.2) is 146 Å². The third-order valence-electron chi connectivity index (χ3n) is 13.5. The molecule has 19 nitrogen and oxygen atoms in total. The summed E-state index contributed by atoms with van der Waals surface area (Å²) in [6.45, 7) is 0.199. The van der Waals surface area contributed by atoms with Crippen LogP contribution in [0.25, 0.3) is 11.2 Å². The number of methoxy groups -OCH3 is 2. The molecular formula is C57H57N8O11P. The molecule has 3 fully saturated rings. The number of benzene rings is 5. The Morgan fingerprint density at radius 1 is 0.779 bits per heavy atom. The number of aromatic nitrogens is 4. The van der Waals surface area contributed by atoms with Gasteiger partial charge >= 0.3 is 0 Å². The standard InChI is InChI=1S/C57H57N8O11P/c1-67-43-26-22-41(23-27-43)57(40-17-8-4-9-18-40,42-24-28-44(68-2)29-25-42)73-35-47-51(76-77-65-32-12-21-46(65)50(75-77)39-15-6-3-7-16-39)52(72-38-69-33-13-30-58)55(74-47)64-37-60-49-53(64)62-56(63-54(49)70-34-14-31-59)61-48(66)36-71-45-19-10-5-11-20-45/h3-11,15-20,22-29,37,46-47,50-52,55H,12-14,21,32-36,38H2,1-2H3,(H,61,62,63,66)/t46-,47-,50+,51-,52-,55-,77-/m1/s1. The highest BCUT2D eigenvalue weighted by Gasteiger charge is 2.55. The SMILES string of the molecule is COc1ccc(C(OC[C@H]2O[C@@H](n3cnc4c(OCCC#N)nc(NC(=O)COc5ccccc5)nc43)[C@H](OCOCCC#N)[C@@H]2O[P@@]2O[C@@H](c3ccccc3)[C@H]3CCCN32)(c2ccccc2)c2ccc(OC)cc2)cc1. The summed E-state index contributed by atoms with van der Waals surface area (Å²) in [4.78, 5) is 27.5. The largest absolute Gasteiger partial charge is 0.497 e. The van der Waals surface area contributed by atoms with Gasteiger partial charge < -0.3 is 46.9 Å². The number of rotatable bonds is 24. The molecule has 396 valence electrons. The van der Waals surface area contributed by atoms with Crippen LogP contribution in [0.3, 0.4) is 0 Å². The molecule has 1 amide bonds. The molecule has 0 spiro atoms. The molecule has 5 aromatic carbocycles. The first-order chi connectivity index (χ1) is 37.9. The molecule has 2 aromatic heterocycles. The van der Waals surface area contributed by atoms with Gasteiger partial charge in [-0.15, -0.1) is 0 Å². The lowest BCUT2D eigenvalue weighted by Crippen LogP contribution is -2.41. The fourth-order valence-electron chi connectivity index (χ4n) is 9.84. The summed E-state index contributed by atoms with van der Waals surface area (Å²) in [5.41, 5.74) is 2.67. The van der Waals surface area contributed by atoms with Gasteiger partial charge in [-0.1, -0.05) is 103 Å². The second-order valence-electron chi connectivity index (χ2n) is 18.1. The van der Waals surface area contributed by atoms with Crippen molar-refractivity contribution in [1.82, 2.24) is 24.2 Å². The van der Waals surface area contributed by atoms with Crippen molar-refractivity contribution in [2.75, 3.05) is 59.3 Å². The number of nitriles is 2. The van der Waals surface area contributed by atoms with E-state index in [9.17, 15) is 15.3 Å². The molecule has 0 saturated carbocycles. The van der Waals surface area contributed by atoms with Crippen LogP contribution in [0.2, 0.25) is 0 Å². The zero-order valence-corrected chi connectivity index (χ0v) is 43.4. The number of hydrogen-bond donors (Lipinski definition) is 1. The summed E-state index contributed by atoms with van der Waals surface area (Å²) in [5, 5.41) is 21.6. The van der Waals surface area contributed by atoms with Gasteiger partial charge in [0.15, 0.2) is 24.0 Å². The fourth-order valence-corrected chi connectivity index (χ4v) is 11.8. The van der Waals surface area contributed by atoms with E-state index in [0.717, 1.165) is 41.6 Å². The lowest BCUT2D eigenvalue weighted by Gasteiger charge is -2.37. The minimum atomic E-state index is -1.73. The third kappa shape index (κ3) is 11.7. The molecule has 5 heterocycles. The molecule has 0 aliphatic carbocycles. The Morgan fingerprint density at radius 3 is 2.10 bits per heavy atom. The maximum Gasteiger partial charge on any atom is 0.264 e. The predicted molar refractivity (Wildman–Crippen MR) is 281 cm³/mol. The lowest BCUT2D eigenvalue weighted by atomic mass is 9.80. The molecule has 10 rings (SSSR count). The van der Waals surface area contributed by atoms with Gasteiger partial charge in [0.05, 0.1) is 58.7 Å². The average Bonchev–Trinajstić information content (AvgIpc) is 4.42. The van der Waals surface area contributed by atoms with E-state index in [1.165, 1.54) is 6.33 Å². The summed E-state index contributed by atoms with van der Waals surface area (Å²) in [7, 11) is 1.52. The minimum absolute atomic E-state index is 0.0163. The zero-order chi connectivity index (χ0) is 53.0. The normalized spacial score (nSPS) is 21.0. The summed E-state index contributed by atoms with van der Waals surface area (Å²) in [6, 6.07) is 48.9. The van der Waals surface area contributed by atoms with Crippen molar-refractivity contribution in [3.63, 3.8) is 0 Å². The molecule has 77 heavy (non-hydrogen) atoms. The number of ether oxygens (including phenoxy) is 8. The first-order valence-corrected chi connectivity index (χ1v) is 26.4. The molecular weight excluding hydrogens is 1000 g/mol. The van der Waals surface area contributed by atoms with E-state index >= 15 is 0 Å². The number of fused-ring (bicyclic) bond motifs is 2. The van der Waals surface area contributed by atoms with Crippen molar-refractivity contribution in [2.24, 2.45) is 0 Å². The van der Waals surface area contributed by atoms with E-state index in [1.54, 1.807) is 43.1 Å². The van der Waals surface area contributed by atoms with Crippen molar-refractivity contribution in [3.8, 4) is 35.3 Å². The van der Waals surface area contributed by atoms with Crippen LogP contribution in [0.4, 0.5) is 5.95 Å². The van der Waals surface area contributed by atoms with Crippen LogP contribution < -0.4 is 24.3 Å². The monoisotopic (exact) mass is 1060 g/mol. The quantitative estimate of drug-likeness (QED) is 0.0258. The van der Waals surface area contributed by atoms with Crippen LogP contribution in [-0.2, 0) is 38.4 Å². The summed E-state index contributed by atoms with van der Waals surface area (Å²) in [5.74, 6) is 1.21. The minimum Gasteiger partial charge on any atom is -0.497 e. The Labute approximate surface area is 447 Å². The molecule has 20 heteroatoms. The van der Waals surface area contributed by atoms with Crippen LogP contribution in [-0.4, -0.2) is 108 Å². The van der Waals surface area contributed by atoms with Crippen LogP contribution in [0, 0.1) is 22.7 Å². The van der Waals surface area contributed by atoms with Crippen molar-refractivity contribution in [3.05, 3.63) is 168 Å². The number of hydrogen-bond acceptors (Lipinski definition) is 17. The highest BCUT2D eigenvalue weighted by molar-refractivity contribution is 7.45. The molecule has 3 saturated heterocycles. The Morgan fingerprint density at radius 2 is 1.43 bits per heavy atom. The summed E-state index contributed by atoms with van der Waals surface area (Å²) in [6.07, 6.45) is -0.492. The summed E-state index contributed by atoms with van der Waals surface area (Å²) >= 11 is 0. The van der Waals surface area contributed by atoms with Gasteiger partial charge in [-0.05, 0) is 71.5 Å². The first kappa shape index (κ1) is 52.9.